The fraction of sp³-hybridized carbons (Fsp3) is 0.235. The van der Waals surface area contributed by atoms with Gasteiger partial charge < -0.3 is 14.8 Å². The number of benzene rings is 2. The minimum Gasteiger partial charge on any atom is -0.454 e. The fourth-order valence-corrected chi connectivity index (χ4v) is 2.39. The number of rotatable bonds is 4. The third kappa shape index (κ3) is 2.77. The molecule has 0 amide bonds. The van der Waals surface area contributed by atoms with Gasteiger partial charge in [0.05, 0.1) is 18.0 Å². The molecular weight excluding hydrogens is 264 g/mol. The Morgan fingerprint density at radius 1 is 1.10 bits per heavy atom. The van der Waals surface area contributed by atoms with Gasteiger partial charge in [-0.1, -0.05) is 24.3 Å². The number of anilines is 1. The second kappa shape index (κ2) is 5.76. The SMILES string of the molecule is C[C@@H](C#N)[C@H](Nc1ccccc1)c1ccc2c(c1)OCO2. The van der Waals surface area contributed by atoms with E-state index in [1.807, 2.05) is 55.5 Å². The fourth-order valence-electron chi connectivity index (χ4n) is 2.39. The molecular formula is C17H16N2O2. The molecule has 1 aliphatic heterocycles. The van der Waals surface area contributed by atoms with Crippen molar-refractivity contribution < 1.29 is 9.47 Å². The van der Waals surface area contributed by atoms with E-state index in [0.717, 1.165) is 22.7 Å². The maximum Gasteiger partial charge on any atom is 0.231 e. The second-order valence-electron chi connectivity index (χ2n) is 5.02. The molecule has 1 N–H and O–H groups in total. The summed E-state index contributed by atoms with van der Waals surface area (Å²) in [5.41, 5.74) is 2.00. The van der Waals surface area contributed by atoms with Gasteiger partial charge >= 0.3 is 0 Å². The number of fused-ring (bicyclic) bond motifs is 1. The molecule has 0 radical (unpaired) electrons. The van der Waals surface area contributed by atoms with Crippen LogP contribution in [0.5, 0.6) is 11.5 Å². The summed E-state index contributed by atoms with van der Waals surface area (Å²) >= 11 is 0. The monoisotopic (exact) mass is 280 g/mol. The van der Waals surface area contributed by atoms with Crippen LogP contribution in [-0.2, 0) is 0 Å². The van der Waals surface area contributed by atoms with Crippen LogP contribution in [0.3, 0.4) is 0 Å². The predicted molar refractivity (Wildman–Crippen MR) is 80.1 cm³/mol. The topological polar surface area (TPSA) is 54.3 Å². The zero-order valence-corrected chi connectivity index (χ0v) is 11.7. The molecule has 0 unspecified atom stereocenters. The first-order valence-corrected chi connectivity index (χ1v) is 6.88. The predicted octanol–water partition coefficient (Wildman–Crippen LogP) is 3.73. The van der Waals surface area contributed by atoms with Crippen molar-refractivity contribution in [1.29, 1.82) is 5.26 Å². The van der Waals surface area contributed by atoms with Gasteiger partial charge in [-0.3, -0.25) is 0 Å². The molecule has 0 spiro atoms. The van der Waals surface area contributed by atoms with Crippen LogP contribution in [0.25, 0.3) is 0 Å². The Kier molecular flexibility index (Phi) is 3.65. The number of hydrogen-bond acceptors (Lipinski definition) is 4. The van der Waals surface area contributed by atoms with Crippen LogP contribution in [0.2, 0.25) is 0 Å². The summed E-state index contributed by atoms with van der Waals surface area (Å²) < 4.78 is 10.8. The van der Waals surface area contributed by atoms with Crippen molar-refractivity contribution in [2.45, 2.75) is 13.0 Å². The molecule has 1 heterocycles. The van der Waals surface area contributed by atoms with Gasteiger partial charge in [0.2, 0.25) is 6.79 Å². The highest BCUT2D eigenvalue weighted by molar-refractivity contribution is 5.50. The molecule has 1 aliphatic rings. The molecule has 4 heteroatoms. The zero-order chi connectivity index (χ0) is 14.7. The van der Waals surface area contributed by atoms with Crippen molar-refractivity contribution in [3.05, 3.63) is 54.1 Å². The van der Waals surface area contributed by atoms with Crippen LogP contribution in [0, 0.1) is 17.2 Å². The first-order valence-electron chi connectivity index (χ1n) is 6.88. The van der Waals surface area contributed by atoms with Crippen molar-refractivity contribution >= 4 is 5.69 Å². The number of nitrogens with one attached hydrogen (secondary N) is 1. The number of nitriles is 1. The summed E-state index contributed by atoms with van der Waals surface area (Å²) in [4.78, 5) is 0. The minimum absolute atomic E-state index is 0.105. The van der Waals surface area contributed by atoms with Gasteiger partial charge in [-0.15, -0.1) is 0 Å². The lowest BCUT2D eigenvalue weighted by Crippen LogP contribution is -2.17. The Labute approximate surface area is 123 Å². The van der Waals surface area contributed by atoms with Crippen molar-refractivity contribution in [2.75, 3.05) is 12.1 Å². The smallest absolute Gasteiger partial charge is 0.231 e. The highest BCUT2D eigenvalue weighted by atomic mass is 16.7. The average Bonchev–Trinajstić information content (AvgIpc) is 3.00. The molecule has 0 aromatic heterocycles. The standard InChI is InChI=1S/C17H16N2O2/c1-12(10-18)17(19-14-5-3-2-4-6-14)13-7-8-15-16(9-13)21-11-20-15/h2-9,12,17,19H,11H2,1H3/t12-,17-/m0/s1. The molecule has 0 saturated carbocycles. The normalized spacial score (nSPS) is 15.0. The van der Waals surface area contributed by atoms with Crippen molar-refractivity contribution in [1.82, 2.24) is 0 Å². The van der Waals surface area contributed by atoms with Crippen molar-refractivity contribution in [2.24, 2.45) is 5.92 Å². The van der Waals surface area contributed by atoms with Crippen molar-refractivity contribution in [3.8, 4) is 17.6 Å². The lowest BCUT2D eigenvalue weighted by Gasteiger charge is -2.22. The van der Waals surface area contributed by atoms with Crippen LogP contribution in [0.15, 0.2) is 48.5 Å². The van der Waals surface area contributed by atoms with Crippen LogP contribution >= 0.6 is 0 Å². The number of para-hydroxylation sites is 1. The van der Waals surface area contributed by atoms with Gasteiger partial charge in [-0.05, 0) is 36.8 Å². The van der Waals surface area contributed by atoms with Gasteiger partial charge in [0.1, 0.15) is 0 Å². The third-order valence-electron chi connectivity index (χ3n) is 3.56. The Hall–Kier alpha value is -2.67. The van der Waals surface area contributed by atoms with E-state index in [1.54, 1.807) is 0 Å². The van der Waals surface area contributed by atoms with E-state index >= 15 is 0 Å². The van der Waals surface area contributed by atoms with Gasteiger partial charge in [-0.2, -0.15) is 5.26 Å². The van der Waals surface area contributed by atoms with Gasteiger partial charge in [0.15, 0.2) is 11.5 Å². The lowest BCUT2D eigenvalue weighted by atomic mass is 9.95. The van der Waals surface area contributed by atoms with E-state index in [0.29, 0.717) is 0 Å². The molecule has 4 nitrogen and oxygen atoms in total. The number of hydrogen-bond donors (Lipinski definition) is 1. The molecule has 3 rings (SSSR count). The highest BCUT2D eigenvalue weighted by Gasteiger charge is 2.22. The second-order valence-corrected chi connectivity index (χ2v) is 5.02. The molecule has 2 aromatic carbocycles. The zero-order valence-electron chi connectivity index (χ0n) is 11.7. The summed E-state index contributed by atoms with van der Waals surface area (Å²) in [5.74, 6) is 1.31. The number of ether oxygens (including phenoxy) is 2. The average molecular weight is 280 g/mol. The van der Waals surface area contributed by atoms with E-state index in [9.17, 15) is 5.26 Å². The summed E-state index contributed by atoms with van der Waals surface area (Å²) in [7, 11) is 0. The lowest BCUT2D eigenvalue weighted by molar-refractivity contribution is 0.174. The first kappa shape index (κ1) is 13.3. The maximum atomic E-state index is 9.29. The Morgan fingerprint density at radius 3 is 2.62 bits per heavy atom. The Balaban J connectivity index is 1.91. The Bertz CT molecular complexity index is 664. The van der Waals surface area contributed by atoms with E-state index < -0.39 is 0 Å². The summed E-state index contributed by atoms with van der Waals surface area (Å²) in [6.07, 6.45) is 0. The van der Waals surface area contributed by atoms with Crippen LogP contribution in [0.4, 0.5) is 5.69 Å². The third-order valence-corrected chi connectivity index (χ3v) is 3.56. The van der Waals surface area contributed by atoms with Gasteiger partial charge in [0, 0.05) is 5.69 Å². The van der Waals surface area contributed by atoms with E-state index in [1.165, 1.54) is 0 Å². The van der Waals surface area contributed by atoms with Crippen LogP contribution in [-0.4, -0.2) is 6.79 Å². The molecule has 2 aromatic rings. The Morgan fingerprint density at radius 2 is 1.86 bits per heavy atom. The van der Waals surface area contributed by atoms with Gasteiger partial charge in [-0.25, -0.2) is 0 Å². The van der Waals surface area contributed by atoms with E-state index in [4.69, 9.17) is 9.47 Å². The quantitative estimate of drug-likeness (QED) is 0.927. The molecule has 0 fully saturated rings. The summed E-state index contributed by atoms with van der Waals surface area (Å²) in [5, 5.41) is 12.7. The van der Waals surface area contributed by atoms with Crippen LogP contribution < -0.4 is 14.8 Å². The maximum absolute atomic E-state index is 9.29. The highest BCUT2D eigenvalue weighted by Crippen LogP contribution is 2.36. The molecule has 0 aliphatic carbocycles. The largest absolute Gasteiger partial charge is 0.454 e. The summed E-state index contributed by atoms with van der Waals surface area (Å²) in [6.45, 7) is 2.16. The molecule has 106 valence electrons. The van der Waals surface area contributed by atoms with E-state index in [-0.39, 0.29) is 18.8 Å². The molecule has 0 bridgehead atoms. The summed E-state index contributed by atoms with van der Waals surface area (Å²) in [6, 6.07) is 17.9. The minimum atomic E-state index is -0.175. The van der Waals surface area contributed by atoms with Gasteiger partial charge in [0.25, 0.3) is 0 Å². The van der Waals surface area contributed by atoms with Crippen molar-refractivity contribution in [3.63, 3.8) is 0 Å². The number of nitrogens with zero attached hydrogens (tertiary/aromatic N) is 1. The molecule has 21 heavy (non-hydrogen) atoms. The molecule has 0 saturated heterocycles. The van der Waals surface area contributed by atoms with Crippen LogP contribution in [0.1, 0.15) is 18.5 Å². The first-order chi connectivity index (χ1) is 10.3. The molecule has 2 atom stereocenters. The van der Waals surface area contributed by atoms with E-state index in [2.05, 4.69) is 11.4 Å².